The molecular formula is C20H29N3O3. The summed E-state index contributed by atoms with van der Waals surface area (Å²) in [5.74, 6) is 0.0371. The summed E-state index contributed by atoms with van der Waals surface area (Å²) in [6.07, 6.45) is 0. The smallest absolute Gasteiger partial charge is 0.325 e. The fraction of sp³-hybridized carbons (Fsp3) is 0.550. The summed E-state index contributed by atoms with van der Waals surface area (Å²) < 4.78 is 0. The van der Waals surface area contributed by atoms with Crippen molar-refractivity contribution in [3.05, 3.63) is 35.9 Å². The molecule has 1 aromatic carbocycles. The lowest BCUT2D eigenvalue weighted by Crippen LogP contribution is -2.46. The number of nitrogens with one attached hydrogen (secondary N) is 1. The van der Waals surface area contributed by atoms with E-state index in [0.717, 1.165) is 4.90 Å². The maximum atomic E-state index is 12.9. The van der Waals surface area contributed by atoms with Gasteiger partial charge in [-0.2, -0.15) is 0 Å². The van der Waals surface area contributed by atoms with Gasteiger partial charge in [-0.15, -0.1) is 0 Å². The SMILES string of the molecule is CC(C)CN(CC(C)C)C(=O)CN1C(=O)NC(C)(c2ccccc2)C1=O. The van der Waals surface area contributed by atoms with Gasteiger partial charge in [-0.1, -0.05) is 58.0 Å². The zero-order chi connectivity index (χ0) is 19.5. The van der Waals surface area contributed by atoms with Crippen molar-refractivity contribution in [1.82, 2.24) is 15.1 Å². The molecule has 1 aromatic rings. The molecule has 1 atom stereocenters. The lowest BCUT2D eigenvalue weighted by molar-refractivity contribution is -0.139. The van der Waals surface area contributed by atoms with Gasteiger partial charge in [0.05, 0.1) is 0 Å². The van der Waals surface area contributed by atoms with Crippen LogP contribution in [0.2, 0.25) is 0 Å². The Bertz CT molecular complexity index is 662. The second-order valence-corrected chi connectivity index (χ2v) is 7.90. The van der Waals surface area contributed by atoms with Gasteiger partial charge >= 0.3 is 6.03 Å². The van der Waals surface area contributed by atoms with Crippen molar-refractivity contribution in [3.63, 3.8) is 0 Å². The van der Waals surface area contributed by atoms with Gasteiger partial charge in [0.15, 0.2) is 0 Å². The van der Waals surface area contributed by atoms with Gasteiger partial charge in [0.1, 0.15) is 12.1 Å². The molecule has 0 bridgehead atoms. The summed E-state index contributed by atoms with van der Waals surface area (Å²) in [5.41, 5.74) is -0.436. The first-order valence-corrected chi connectivity index (χ1v) is 9.12. The normalized spacial score (nSPS) is 20.0. The Morgan fingerprint density at radius 2 is 1.62 bits per heavy atom. The fourth-order valence-corrected chi connectivity index (χ4v) is 3.20. The van der Waals surface area contributed by atoms with Gasteiger partial charge in [-0.05, 0) is 24.3 Å². The molecule has 0 aromatic heterocycles. The highest BCUT2D eigenvalue weighted by molar-refractivity contribution is 6.09. The van der Waals surface area contributed by atoms with E-state index in [4.69, 9.17) is 0 Å². The first kappa shape index (κ1) is 19.9. The topological polar surface area (TPSA) is 69.7 Å². The number of benzene rings is 1. The standard InChI is InChI=1S/C20H29N3O3/c1-14(2)11-22(12-15(3)4)17(24)13-23-18(25)20(5,21-19(23)26)16-9-7-6-8-10-16/h6-10,14-15H,11-13H2,1-5H3,(H,21,26). The van der Waals surface area contributed by atoms with E-state index in [1.165, 1.54) is 0 Å². The summed E-state index contributed by atoms with van der Waals surface area (Å²) in [6, 6.07) is 8.57. The van der Waals surface area contributed by atoms with Crippen LogP contribution in [0.4, 0.5) is 4.79 Å². The van der Waals surface area contributed by atoms with Crippen LogP contribution in [-0.2, 0) is 15.1 Å². The highest BCUT2D eigenvalue weighted by Crippen LogP contribution is 2.28. The first-order chi connectivity index (χ1) is 12.1. The summed E-state index contributed by atoms with van der Waals surface area (Å²) >= 11 is 0. The van der Waals surface area contributed by atoms with E-state index in [-0.39, 0.29) is 12.5 Å². The van der Waals surface area contributed by atoms with Crippen molar-refractivity contribution in [2.24, 2.45) is 11.8 Å². The van der Waals surface area contributed by atoms with E-state index < -0.39 is 17.5 Å². The van der Waals surface area contributed by atoms with Crippen molar-refractivity contribution in [2.45, 2.75) is 40.2 Å². The molecule has 4 amide bonds. The lowest BCUT2D eigenvalue weighted by Gasteiger charge is -2.28. The van der Waals surface area contributed by atoms with Crippen LogP contribution in [0.25, 0.3) is 0 Å². The number of hydrogen-bond donors (Lipinski definition) is 1. The predicted octanol–water partition coefficient (Wildman–Crippen LogP) is 2.59. The van der Waals surface area contributed by atoms with Gasteiger partial charge in [0.2, 0.25) is 5.91 Å². The van der Waals surface area contributed by atoms with Crippen LogP contribution in [0.1, 0.15) is 40.2 Å². The number of nitrogens with zero attached hydrogens (tertiary/aromatic N) is 2. The molecular weight excluding hydrogens is 330 g/mol. The molecule has 142 valence electrons. The molecule has 1 fully saturated rings. The quantitative estimate of drug-likeness (QED) is 0.761. The number of carbonyl (C=O) groups is 3. The largest absolute Gasteiger partial charge is 0.341 e. The van der Waals surface area contributed by atoms with Crippen LogP contribution >= 0.6 is 0 Å². The Morgan fingerprint density at radius 3 is 2.12 bits per heavy atom. The van der Waals surface area contributed by atoms with Gasteiger partial charge < -0.3 is 10.2 Å². The van der Waals surface area contributed by atoms with E-state index >= 15 is 0 Å². The zero-order valence-electron chi connectivity index (χ0n) is 16.3. The summed E-state index contributed by atoms with van der Waals surface area (Å²) in [6.45, 7) is 10.8. The average molecular weight is 359 g/mol. The Labute approximate surface area is 155 Å². The second kappa shape index (κ2) is 7.89. The average Bonchev–Trinajstić information content (AvgIpc) is 2.78. The van der Waals surface area contributed by atoms with Crippen molar-refractivity contribution in [2.75, 3.05) is 19.6 Å². The summed E-state index contributed by atoms with van der Waals surface area (Å²) in [4.78, 5) is 40.8. The molecule has 6 nitrogen and oxygen atoms in total. The number of imide groups is 1. The lowest BCUT2D eigenvalue weighted by atomic mass is 9.92. The Kier molecular flexibility index (Phi) is 6.05. The van der Waals surface area contributed by atoms with Crippen LogP contribution in [0.5, 0.6) is 0 Å². The van der Waals surface area contributed by atoms with E-state index in [1.54, 1.807) is 24.0 Å². The molecule has 1 N–H and O–H groups in total. The maximum Gasteiger partial charge on any atom is 0.325 e. The van der Waals surface area contributed by atoms with Crippen LogP contribution in [0, 0.1) is 11.8 Å². The molecule has 0 radical (unpaired) electrons. The van der Waals surface area contributed by atoms with Crippen molar-refractivity contribution >= 4 is 17.8 Å². The minimum absolute atomic E-state index is 0.201. The van der Waals surface area contributed by atoms with E-state index in [2.05, 4.69) is 5.32 Å². The van der Waals surface area contributed by atoms with Gasteiger partial charge in [-0.3, -0.25) is 14.5 Å². The third-order valence-corrected chi connectivity index (χ3v) is 4.44. The molecule has 0 saturated carbocycles. The number of carbonyl (C=O) groups excluding carboxylic acids is 3. The van der Waals surface area contributed by atoms with Crippen molar-refractivity contribution in [3.8, 4) is 0 Å². The second-order valence-electron chi connectivity index (χ2n) is 7.90. The third-order valence-electron chi connectivity index (χ3n) is 4.44. The highest BCUT2D eigenvalue weighted by Gasteiger charge is 2.49. The number of rotatable bonds is 7. The molecule has 0 spiro atoms. The zero-order valence-corrected chi connectivity index (χ0v) is 16.3. The minimum atomic E-state index is -1.14. The minimum Gasteiger partial charge on any atom is -0.341 e. The number of hydrogen-bond acceptors (Lipinski definition) is 3. The molecule has 1 heterocycles. The molecule has 1 unspecified atom stereocenters. The number of urea groups is 1. The number of amides is 4. The molecule has 0 aliphatic carbocycles. The summed E-state index contributed by atoms with van der Waals surface area (Å²) in [7, 11) is 0. The third kappa shape index (κ3) is 4.23. The van der Waals surface area contributed by atoms with Crippen LogP contribution in [0.15, 0.2) is 30.3 Å². The molecule has 1 saturated heterocycles. The van der Waals surface area contributed by atoms with Crippen molar-refractivity contribution < 1.29 is 14.4 Å². The van der Waals surface area contributed by atoms with Crippen LogP contribution in [0.3, 0.4) is 0 Å². The molecule has 26 heavy (non-hydrogen) atoms. The van der Waals surface area contributed by atoms with Gasteiger partial charge in [0, 0.05) is 13.1 Å². The van der Waals surface area contributed by atoms with E-state index in [9.17, 15) is 14.4 Å². The van der Waals surface area contributed by atoms with Crippen LogP contribution in [-0.4, -0.2) is 47.3 Å². The molecule has 1 aliphatic heterocycles. The molecule has 1 aliphatic rings. The van der Waals surface area contributed by atoms with E-state index in [0.29, 0.717) is 30.5 Å². The predicted molar refractivity (Wildman–Crippen MR) is 100 cm³/mol. The van der Waals surface area contributed by atoms with Gasteiger partial charge in [-0.25, -0.2) is 4.79 Å². The Morgan fingerprint density at radius 1 is 1.08 bits per heavy atom. The maximum absolute atomic E-state index is 12.9. The fourth-order valence-electron chi connectivity index (χ4n) is 3.20. The monoisotopic (exact) mass is 359 g/mol. The van der Waals surface area contributed by atoms with Crippen molar-refractivity contribution in [1.29, 1.82) is 0 Å². The highest BCUT2D eigenvalue weighted by atomic mass is 16.2. The van der Waals surface area contributed by atoms with Gasteiger partial charge in [0.25, 0.3) is 5.91 Å². The Balaban J connectivity index is 2.17. The summed E-state index contributed by atoms with van der Waals surface area (Å²) in [5, 5.41) is 2.74. The van der Waals surface area contributed by atoms with Crippen LogP contribution < -0.4 is 5.32 Å². The molecule has 6 heteroatoms. The first-order valence-electron chi connectivity index (χ1n) is 9.12. The Hall–Kier alpha value is -2.37. The molecule has 2 rings (SSSR count). The van der Waals surface area contributed by atoms with E-state index in [1.807, 2.05) is 45.9 Å².